The summed E-state index contributed by atoms with van der Waals surface area (Å²) in [6.45, 7) is 1.67. The van der Waals surface area contributed by atoms with Crippen molar-refractivity contribution in [1.29, 1.82) is 5.26 Å². The van der Waals surface area contributed by atoms with Crippen molar-refractivity contribution in [2.75, 3.05) is 5.43 Å². The van der Waals surface area contributed by atoms with Crippen molar-refractivity contribution in [1.82, 2.24) is 5.43 Å². The molecule has 7 heteroatoms. The van der Waals surface area contributed by atoms with Gasteiger partial charge in [0.1, 0.15) is 16.6 Å². The third kappa shape index (κ3) is 3.77. The number of thiocarbonyl (C=S) groups is 1. The molecule has 0 bridgehead atoms. The molecule has 0 radical (unpaired) electrons. The van der Waals surface area contributed by atoms with Gasteiger partial charge in [-0.2, -0.15) is 5.26 Å². The molecule has 0 aliphatic rings. The van der Waals surface area contributed by atoms with Gasteiger partial charge in [0.25, 0.3) is 0 Å². The predicted molar refractivity (Wildman–Crippen MR) is 78.3 cm³/mol. The molecule has 0 fully saturated rings. The number of halogens is 2. The summed E-state index contributed by atoms with van der Waals surface area (Å²) in [4.78, 5) is 0.0292. The molecule has 4 N–H and O–H groups in total. The Morgan fingerprint density at radius 2 is 2.11 bits per heavy atom. The van der Waals surface area contributed by atoms with E-state index in [1.807, 2.05) is 6.07 Å². The molecule has 0 amide bonds. The number of allylic oxidation sites excluding steroid dienone is 1. The Balaban J connectivity index is 2.86. The van der Waals surface area contributed by atoms with Crippen LogP contribution >= 0.6 is 35.4 Å². The lowest BCUT2D eigenvalue weighted by Gasteiger charge is -2.12. The molecule has 4 nitrogen and oxygen atoms in total. The van der Waals surface area contributed by atoms with Gasteiger partial charge in [-0.25, -0.2) is 0 Å². The van der Waals surface area contributed by atoms with Gasteiger partial charge in [-0.1, -0.05) is 35.4 Å². The van der Waals surface area contributed by atoms with Crippen LogP contribution < -0.4 is 16.6 Å². The summed E-state index contributed by atoms with van der Waals surface area (Å²) >= 11 is 16.6. The van der Waals surface area contributed by atoms with E-state index < -0.39 is 0 Å². The smallest absolute Gasteiger partial charge is 0.116 e. The van der Waals surface area contributed by atoms with Gasteiger partial charge in [0.05, 0.1) is 10.7 Å². The van der Waals surface area contributed by atoms with Crippen molar-refractivity contribution in [3.63, 3.8) is 0 Å². The first-order valence-electron chi connectivity index (χ1n) is 4.83. The van der Waals surface area contributed by atoms with Crippen LogP contribution in [0.2, 0.25) is 10.0 Å². The number of hydrazine groups is 1. The lowest BCUT2D eigenvalue weighted by Crippen LogP contribution is -2.24. The number of anilines is 1. The fraction of sp³-hybridized carbons (Fsp3) is 0.0909. The number of nitrogens with zero attached hydrogens (tertiary/aromatic N) is 1. The van der Waals surface area contributed by atoms with E-state index in [0.717, 1.165) is 0 Å². The van der Waals surface area contributed by atoms with Gasteiger partial charge >= 0.3 is 0 Å². The minimum Gasteiger partial charge on any atom is -0.389 e. The number of rotatable bonds is 4. The van der Waals surface area contributed by atoms with Crippen LogP contribution in [0.3, 0.4) is 0 Å². The molecule has 0 aromatic heterocycles. The molecule has 0 saturated heterocycles. The quantitative estimate of drug-likeness (QED) is 0.345. The maximum Gasteiger partial charge on any atom is 0.116 e. The minimum atomic E-state index is 0.0292. The van der Waals surface area contributed by atoms with Gasteiger partial charge in [-0.15, -0.1) is 0 Å². The van der Waals surface area contributed by atoms with E-state index in [4.69, 9.17) is 46.4 Å². The van der Waals surface area contributed by atoms with Crippen molar-refractivity contribution >= 4 is 46.1 Å². The monoisotopic (exact) mass is 300 g/mol. The van der Waals surface area contributed by atoms with Crippen molar-refractivity contribution in [2.45, 2.75) is 6.92 Å². The van der Waals surface area contributed by atoms with Crippen LogP contribution in [0.4, 0.5) is 5.69 Å². The molecule has 0 heterocycles. The molecule has 1 aromatic rings. The molecule has 1 aromatic carbocycles. The third-order valence-electron chi connectivity index (χ3n) is 2.05. The molecule has 18 heavy (non-hydrogen) atoms. The first kappa shape index (κ1) is 14.6. The van der Waals surface area contributed by atoms with Crippen LogP contribution in [0.1, 0.15) is 6.92 Å². The van der Waals surface area contributed by atoms with E-state index in [0.29, 0.717) is 21.4 Å². The Labute approximate surface area is 120 Å². The number of hydrogen-bond donors (Lipinski definition) is 3. The lowest BCUT2D eigenvalue weighted by molar-refractivity contribution is 0.955. The van der Waals surface area contributed by atoms with Crippen molar-refractivity contribution in [3.8, 4) is 6.07 Å². The van der Waals surface area contributed by atoms with Gasteiger partial charge < -0.3 is 11.2 Å². The Kier molecular flexibility index (Phi) is 5.23. The second-order valence-electron chi connectivity index (χ2n) is 3.35. The average Bonchev–Trinajstić information content (AvgIpc) is 2.30. The lowest BCUT2D eigenvalue weighted by atomic mass is 10.2. The zero-order valence-corrected chi connectivity index (χ0v) is 11.7. The van der Waals surface area contributed by atoms with Crippen molar-refractivity contribution in [2.24, 2.45) is 5.73 Å². The third-order valence-corrected chi connectivity index (χ3v) is 2.82. The molecule has 0 aliphatic carbocycles. The Hall–Kier alpha value is -1.48. The summed E-state index contributed by atoms with van der Waals surface area (Å²) < 4.78 is 0. The highest BCUT2D eigenvalue weighted by atomic mass is 35.5. The summed E-state index contributed by atoms with van der Waals surface area (Å²) in [7, 11) is 0. The second-order valence-corrected chi connectivity index (χ2v) is 4.63. The van der Waals surface area contributed by atoms with Crippen LogP contribution in [-0.2, 0) is 0 Å². The first-order valence-corrected chi connectivity index (χ1v) is 6.00. The highest BCUT2D eigenvalue weighted by molar-refractivity contribution is 7.80. The summed E-state index contributed by atoms with van der Waals surface area (Å²) in [5, 5.41) is 9.91. The number of benzene rings is 1. The maximum atomic E-state index is 8.87. The minimum absolute atomic E-state index is 0.0292. The fourth-order valence-corrected chi connectivity index (χ4v) is 1.68. The Morgan fingerprint density at radius 1 is 1.44 bits per heavy atom. The fourth-order valence-electron chi connectivity index (χ4n) is 1.14. The molecule has 1 rings (SSSR count). The molecule has 0 saturated carbocycles. The topological polar surface area (TPSA) is 73.9 Å². The molecule has 0 unspecified atom stereocenters. The number of nitriles is 1. The Morgan fingerprint density at radius 3 is 2.67 bits per heavy atom. The summed E-state index contributed by atoms with van der Waals surface area (Å²) in [6.07, 6.45) is 0. The van der Waals surface area contributed by atoms with E-state index in [2.05, 4.69) is 10.9 Å². The Bertz CT molecular complexity index is 548. The van der Waals surface area contributed by atoms with E-state index in [-0.39, 0.29) is 10.6 Å². The summed E-state index contributed by atoms with van der Waals surface area (Å²) in [6, 6.07) is 6.90. The van der Waals surface area contributed by atoms with Gasteiger partial charge in [0.15, 0.2) is 0 Å². The van der Waals surface area contributed by atoms with Crippen LogP contribution in [0.25, 0.3) is 0 Å². The maximum absolute atomic E-state index is 8.87. The average molecular weight is 301 g/mol. The van der Waals surface area contributed by atoms with Crippen LogP contribution in [0.5, 0.6) is 0 Å². The highest BCUT2D eigenvalue weighted by Gasteiger charge is 2.06. The second kappa shape index (κ2) is 6.45. The van der Waals surface area contributed by atoms with Gasteiger partial charge in [-0.3, -0.25) is 5.43 Å². The molecular weight excluding hydrogens is 291 g/mol. The zero-order valence-electron chi connectivity index (χ0n) is 9.42. The number of hydrogen-bond acceptors (Lipinski definition) is 4. The van der Waals surface area contributed by atoms with Crippen LogP contribution in [0, 0.1) is 11.3 Å². The van der Waals surface area contributed by atoms with E-state index >= 15 is 0 Å². The van der Waals surface area contributed by atoms with E-state index in [1.54, 1.807) is 25.1 Å². The van der Waals surface area contributed by atoms with E-state index in [9.17, 15) is 0 Å². The zero-order chi connectivity index (χ0) is 13.7. The van der Waals surface area contributed by atoms with Gasteiger partial charge in [0.2, 0.25) is 0 Å². The molecule has 0 atom stereocenters. The first-order chi connectivity index (χ1) is 8.45. The SMILES string of the molecule is C/C(NNc1cc(Cl)ccc1Cl)=C(/C#N)C(N)=S. The number of nitrogens with one attached hydrogen (secondary N) is 2. The molecule has 0 spiro atoms. The van der Waals surface area contributed by atoms with Crippen molar-refractivity contribution in [3.05, 3.63) is 39.5 Å². The largest absolute Gasteiger partial charge is 0.389 e. The number of nitrogens with two attached hydrogens (primary N) is 1. The highest BCUT2D eigenvalue weighted by Crippen LogP contribution is 2.24. The van der Waals surface area contributed by atoms with E-state index in [1.165, 1.54) is 0 Å². The predicted octanol–water partition coefficient (Wildman–Crippen LogP) is 2.99. The normalized spacial score (nSPS) is 11.2. The molecular formula is C11H10Cl2N4S. The van der Waals surface area contributed by atoms with Crippen LogP contribution in [0.15, 0.2) is 29.5 Å². The van der Waals surface area contributed by atoms with Gasteiger partial charge in [0, 0.05) is 10.7 Å². The summed E-state index contributed by atoms with van der Waals surface area (Å²) in [5.74, 6) is 0. The van der Waals surface area contributed by atoms with Gasteiger partial charge in [-0.05, 0) is 25.1 Å². The molecule has 0 aliphatic heterocycles. The van der Waals surface area contributed by atoms with Crippen molar-refractivity contribution < 1.29 is 0 Å². The summed E-state index contributed by atoms with van der Waals surface area (Å²) in [5.41, 5.74) is 12.3. The standard InChI is InChI=1S/C11H10Cl2N4S/c1-6(8(5-14)11(15)18)16-17-10-4-7(12)2-3-9(10)13/h2-4,16-17H,1H3,(H2,15,18)/b8-6+. The van der Waals surface area contributed by atoms with Crippen LogP contribution in [-0.4, -0.2) is 4.99 Å². The molecule has 94 valence electrons.